The minimum Gasteiger partial charge on any atom is -0.264 e. The summed E-state index contributed by atoms with van der Waals surface area (Å²) in [5.41, 5.74) is 2.24. The van der Waals surface area contributed by atoms with E-state index in [-0.39, 0.29) is 0 Å². The van der Waals surface area contributed by atoms with E-state index in [0.29, 0.717) is 0 Å². The van der Waals surface area contributed by atoms with E-state index >= 15 is 0 Å². The first-order valence-electron chi connectivity index (χ1n) is 4.65. The standard InChI is InChI=1S/C12H12N2/c1-3-9(2)12-11-5-6-13-8-10(11)4-7-14-12/h3-8H,1-2H3/b9-3+. The molecule has 2 aromatic rings. The van der Waals surface area contributed by atoms with Gasteiger partial charge in [0.05, 0.1) is 5.69 Å². The third kappa shape index (κ3) is 1.39. The van der Waals surface area contributed by atoms with E-state index in [4.69, 9.17) is 0 Å². The molecule has 0 radical (unpaired) electrons. The molecule has 0 fully saturated rings. The van der Waals surface area contributed by atoms with E-state index in [1.165, 1.54) is 5.57 Å². The Hall–Kier alpha value is -1.70. The molecule has 2 heteroatoms. The third-order valence-corrected chi connectivity index (χ3v) is 2.37. The summed E-state index contributed by atoms with van der Waals surface area (Å²) in [7, 11) is 0. The second kappa shape index (κ2) is 3.58. The van der Waals surface area contributed by atoms with Gasteiger partial charge in [-0.2, -0.15) is 0 Å². The highest BCUT2D eigenvalue weighted by Crippen LogP contribution is 2.21. The van der Waals surface area contributed by atoms with Crippen molar-refractivity contribution in [2.75, 3.05) is 0 Å². The van der Waals surface area contributed by atoms with Crippen LogP contribution in [0.2, 0.25) is 0 Å². The summed E-state index contributed by atoms with van der Waals surface area (Å²) in [6, 6.07) is 3.99. The average molecular weight is 184 g/mol. The largest absolute Gasteiger partial charge is 0.264 e. The Morgan fingerprint density at radius 2 is 2.14 bits per heavy atom. The molecule has 0 aliphatic carbocycles. The van der Waals surface area contributed by atoms with Crippen LogP contribution in [-0.2, 0) is 0 Å². The van der Waals surface area contributed by atoms with Crippen molar-refractivity contribution in [1.29, 1.82) is 0 Å². The van der Waals surface area contributed by atoms with Gasteiger partial charge in [-0.05, 0) is 31.6 Å². The maximum absolute atomic E-state index is 4.38. The van der Waals surface area contributed by atoms with Gasteiger partial charge in [-0.3, -0.25) is 9.97 Å². The molecule has 70 valence electrons. The van der Waals surface area contributed by atoms with Crippen molar-refractivity contribution in [2.24, 2.45) is 0 Å². The maximum Gasteiger partial charge on any atom is 0.0734 e. The van der Waals surface area contributed by atoms with Crippen molar-refractivity contribution in [2.45, 2.75) is 13.8 Å². The Balaban J connectivity index is 2.77. The first-order chi connectivity index (χ1) is 6.83. The molecule has 14 heavy (non-hydrogen) atoms. The lowest BCUT2D eigenvalue weighted by Crippen LogP contribution is -1.88. The average Bonchev–Trinajstić information content (AvgIpc) is 2.27. The van der Waals surface area contributed by atoms with E-state index in [0.717, 1.165) is 16.5 Å². The highest BCUT2D eigenvalue weighted by Gasteiger charge is 2.02. The smallest absolute Gasteiger partial charge is 0.0734 e. The van der Waals surface area contributed by atoms with Crippen LogP contribution in [0.1, 0.15) is 19.5 Å². The number of pyridine rings is 2. The summed E-state index contributed by atoms with van der Waals surface area (Å²) in [5.74, 6) is 0. The predicted octanol–water partition coefficient (Wildman–Crippen LogP) is 3.05. The minimum absolute atomic E-state index is 1.05. The molecule has 2 rings (SSSR count). The van der Waals surface area contributed by atoms with Gasteiger partial charge in [-0.15, -0.1) is 0 Å². The van der Waals surface area contributed by atoms with Gasteiger partial charge in [0.15, 0.2) is 0 Å². The lowest BCUT2D eigenvalue weighted by Gasteiger charge is -2.04. The summed E-state index contributed by atoms with van der Waals surface area (Å²) in [6.07, 6.45) is 7.56. The van der Waals surface area contributed by atoms with Crippen molar-refractivity contribution in [1.82, 2.24) is 9.97 Å². The molecule has 2 nitrogen and oxygen atoms in total. The van der Waals surface area contributed by atoms with Crippen molar-refractivity contribution in [3.8, 4) is 0 Å². The zero-order valence-electron chi connectivity index (χ0n) is 8.36. The summed E-state index contributed by atoms with van der Waals surface area (Å²) in [4.78, 5) is 8.47. The normalized spacial score (nSPS) is 12.0. The van der Waals surface area contributed by atoms with Gasteiger partial charge in [0.1, 0.15) is 0 Å². The second-order valence-corrected chi connectivity index (χ2v) is 3.23. The maximum atomic E-state index is 4.38. The number of hydrogen-bond acceptors (Lipinski definition) is 2. The molecular weight excluding hydrogens is 172 g/mol. The molecule has 0 saturated heterocycles. The lowest BCUT2D eigenvalue weighted by atomic mass is 10.1. The molecule has 0 amide bonds. The molecule has 0 bridgehead atoms. The molecule has 0 aliphatic rings. The van der Waals surface area contributed by atoms with Gasteiger partial charge in [0.25, 0.3) is 0 Å². The highest BCUT2D eigenvalue weighted by atomic mass is 14.7. The van der Waals surface area contributed by atoms with Crippen LogP contribution in [0, 0.1) is 0 Å². The Labute approximate surface area is 83.3 Å². The molecule has 2 heterocycles. The minimum atomic E-state index is 1.05. The Morgan fingerprint density at radius 1 is 1.29 bits per heavy atom. The molecule has 0 saturated carbocycles. The Kier molecular flexibility index (Phi) is 2.27. The monoisotopic (exact) mass is 184 g/mol. The van der Waals surface area contributed by atoms with Gasteiger partial charge in [0.2, 0.25) is 0 Å². The predicted molar refractivity (Wildman–Crippen MR) is 58.9 cm³/mol. The van der Waals surface area contributed by atoms with Crippen LogP contribution in [0.15, 0.2) is 36.8 Å². The van der Waals surface area contributed by atoms with Gasteiger partial charge in [0, 0.05) is 29.4 Å². The SMILES string of the molecule is C/C=C(\C)c1nccc2cnccc12. The molecule has 0 spiro atoms. The third-order valence-electron chi connectivity index (χ3n) is 2.37. The fraction of sp³-hybridized carbons (Fsp3) is 0.167. The zero-order valence-corrected chi connectivity index (χ0v) is 8.36. The molecular formula is C12H12N2. The number of allylic oxidation sites excluding steroid dienone is 2. The van der Waals surface area contributed by atoms with Crippen LogP contribution in [0.4, 0.5) is 0 Å². The van der Waals surface area contributed by atoms with Crippen molar-refractivity contribution < 1.29 is 0 Å². The highest BCUT2D eigenvalue weighted by molar-refractivity contribution is 5.90. The van der Waals surface area contributed by atoms with Crippen LogP contribution in [0.3, 0.4) is 0 Å². The fourth-order valence-corrected chi connectivity index (χ4v) is 1.47. The van der Waals surface area contributed by atoms with Crippen LogP contribution < -0.4 is 0 Å². The zero-order chi connectivity index (χ0) is 9.97. The summed E-state index contributed by atoms with van der Waals surface area (Å²) in [6.45, 7) is 4.10. The van der Waals surface area contributed by atoms with Gasteiger partial charge in [-0.1, -0.05) is 6.08 Å². The van der Waals surface area contributed by atoms with Gasteiger partial charge < -0.3 is 0 Å². The number of nitrogens with zero attached hydrogens (tertiary/aromatic N) is 2. The van der Waals surface area contributed by atoms with E-state index in [1.54, 1.807) is 6.20 Å². The van der Waals surface area contributed by atoms with Crippen molar-refractivity contribution in [3.63, 3.8) is 0 Å². The first kappa shape index (κ1) is 8.88. The summed E-state index contributed by atoms with van der Waals surface area (Å²) >= 11 is 0. The van der Waals surface area contributed by atoms with E-state index < -0.39 is 0 Å². The van der Waals surface area contributed by atoms with Crippen LogP contribution >= 0.6 is 0 Å². The summed E-state index contributed by atoms with van der Waals surface area (Å²) in [5, 5.41) is 2.30. The number of hydrogen-bond donors (Lipinski definition) is 0. The fourth-order valence-electron chi connectivity index (χ4n) is 1.47. The van der Waals surface area contributed by atoms with Gasteiger partial charge in [-0.25, -0.2) is 0 Å². The Bertz CT molecular complexity index is 481. The second-order valence-electron chi connectivity index (χ2n) is 3.23. The first-order valence-corrected chi connectivity index (χ1v) is 4.65. The van der Waals surface area contributed by atoms with Crippen molar-refractivity contribution >= 4 is 16.3 Å². The van der Waals surface area contributed by atoms with Crippen molar-refractivity contribution in [3.05, 3.63) is 42.5 Å². The number of rotatable bonds is 1. The van der Waals surface area contributed by atoms with E-state index in [2.05, 4.69) is 23.0 Å². The Morgan fingerprint density at radius 3 is 2.93 bits per heavy atom. The quantitative estimate of drug-likeness (QED) is 0.680. The topological polar surface area (TPSA) is 25.8 Å². The molecule has 0 unspecified atom stereocenters. The molecule has 0 aliphatic heterocycles. The lowest BCUT2D eigenvalue weighted by molar-refractivity contribution is 1.28. The molecule has 2 aromatic heterocycles. The van der Waals surface area contributed by atoms with Crippen LogP contribution in [0.25, 0.3) is 16.3 Å². The van der Waals surface area contributed by atoms with E-state index in [9.17, 15) is 0 Å². The molecule has 0 atom stereocenters. The number of fused-ring (bicyclic) bond motifs is 1. The van der Waals surface area contributed by atoms with Crippen LogP contribution in [-0.4, -0.2) is 9.97 Å². The van der Waals surface area contributed by atoms with Crippen LogP contribution in [0.5, 0.6) is 0 Å². The molecule has 0 N–H and O–H groups in total. The van der Waals surface area contributed by atoms with E-state index in [1.807, 2.05) is 31.5 Å². The van der Waals surface area contributed by atoms with Gasteiger partial charge >= 0.3 is 0 Å². The summed E-state index contributed by atoms with van der Waals surface area (Å²) < 4.78 is 0. The molecule has 0 aromatic carbocycles. The number of aromatic nitrogens is 2.